The van der Waals surface area contributed by atoms with Gasteiger partial charge in [-0.05, 0) is 43.7 Å². The first kappa shape index (κ1) is 13.3. The molecule has 0 saturated heterocycles. The number of ether oxygens (including phenoxy) is 1. The topological polar surface area (TPSA) is 34.1 Å². The Bertz CT molecular complexity index is 543. The Kier molecular flexibility index (Phi) is 4.34. The summed E-state index contributed by atoms with van der Waals surface area (Å²) >= 11 is 0. The third-order valence-electron chi connectivity index (χ3n) is 2.48. The van der Waals surface area contributed by atoms with Crippen molar-refractivity contribution >= 4 is 5.82 Å². The lowest BCUT2D eigenvalue weighted by molar-refractivity contribution is 0.243. The maximum absolute atomic E-state index is 13.1. The minimum atomic E-state index is -0.237. The molecule has 0 spiro atoms. The van der Waals surface area contributed by atoms with Crippen LogP contribution >= 0.6 is 0 Å². The van der Waals surface area contributed by atoms with E-state index in [0.29, 0.717) is 18.1 Å². The van der Waals surface area contributed by atoms with Gasteiger partial charge in [0.25, 0.3) is 0 Å². The highest BCUT2D eigenvalue weighted by molar-refractivity contribution is 5.49. The van der Waals surface area contributed by atoms with Crippen molar-refractivity contribution in [2.24, 2.45) is 0 Å². The van der Waals surface area contributed by atoms with Gasteiger partial charge in [-0.3, -0.25) is 0 Å². The van der Waals surface area contributed by atoms with Crippen molar-refractivity contribution in [2.45, 2.75) is 26.5 Å². The number of aromatic nitrogens is 1. The summed E-state index contributed by atoms with van der Waals surface area (Å²) in [4.78, 5) is 4.24. The fourth-order valence-corrected chi connectivity index (χ4v) is 1.71. The van der Waals surface area contributed by atoms with Gasteiger partial charge in [0.2, 0.25) is 0 Å². The van der Waals surface area contributed by atoms with Crippen molar-refractivity contribution in [3.05, 3.63) is 54.0 Å². The van der Waals surface area contributed by atoms with Crippen molar-refractivity contribution < 1.29 is 9.13 Å². The number of rotatable bonds is 5. The Labute approximate surface area is 112 Å². The van der Waals surface area contributed by atoms with Crippen LogP contribution in [-0.4, -0.2) is 11.1 Å². The summed E-state index contributed by atoms with van der Waals surface area (Å²) < 4.78 is 18.7. The molecule has 3 nitrogen and oxygen atoms in total. The molecule has 1 heterocycles. The molecule has 0 aliphatic rings. The smallest absolute Gasteiger partial charge is 0.169 e. The highest BCUT2D eigenvalue weighted by Gasteiger charge is 2.06. The molecule has 19 heavy (non-hydrogen) atoms. The molecule has 0 fully saturated rings. The molecular formula is C15H17FN2O. The van der Waals surface area contributed by atoms with Gasteiger partial charge in [-0.1, -0.05) is 12.1 Å². The fourth-order valence-electron chi connectivity index (χ4n) is 1.71. The van der Waals surface area contributed by atoms with Crippen LogP contribution < -0.4 is 10.1 Å². The van der Waals surface area contributed by atoms with Gasteiger partial charge in [0.15, 0.2) is 11.6 Å². The molecule has 0 aliphatic carbocycles. The Balaban J connectivity index is 2.07. The average Bonchev–Trinajstić information content (AvgIpc) is 2.37. The summed E-state index contributed by atoms with van der Waals surface area (Å²) in [5.74, 6) is 1.13. The highest BCUT2D eigenvalue weighted by atomic mass is 19.1. The fraction of sp³-hybridized carbons (Fsp3) is 0.267. The monoisotopic (exact) mass is 260 g/mol. The molecule has 1 aromatic carbocycles. The lowest BCUT2D eigenvalue weighted by Gasteiger charge is -2.14. The van der Waals surface area contributed by atoms with Gasteiger partial charge in [-0.25, -0.2) is 9.37 Å². The average molecular weight is 260 g/mol. The van der Waals surface area contributed by atoms with Crippen molar-refractivity contribution in [3.8, 4) is 5.75 Å². The number of benzene rings is 1. The van der Waals surface area contributed by atoms with Crippen LogP contribution in [0, 0.1) is 5.82 Å². The van der Waals surface area contributed by atoms with Crippen molar-refractivity contribution in [3.63, 3.8) is 0 Å². The number of nitrogens with zero attached hydrogens (tertiary/aromatic N) is 1. The van der Waals surface area contributed by atoms with E-state index in [9.17, 15) is 4.39 Å². The summed E-state index contributed by atoms with van der Waals surface area (Å²) in [5.41, 5.74) is 0.862. The Hall–Kier alpha value is -2.10. The molecule has 4 heteroatoms. The Morgan fingerprint density at radius 1 is 1.26 bits per heavy atom. The second-order valence-electron chi connectivity index (χ2n) is 4.50. The van der Waals surface area contributed by atoms with Gasteiger partial charge in [0, 0.05) is 12.7 Å². The molecule has 1 N–H and O–H groups in total. The van der Waals surface area contributed by atoms with Crippen LogP contribution in [0.1, 0.15) is 19.4 Å². The number of halogens is 1. The summed E-state index contributed by atoms with van der Waals surface area (Å²) in [5, 5.41) is 3.16. The Morgan fingerprint density at radius 3 is 2.84 bits per heavy atom. The maximum Gasteiger partial charge on any atom is 0.169 e. The first-order valence-corrected chi connectivity index (χ1v) is 6.25. The van der Waals surface area contributed by atoms with Gasteiger partial charge in [0.05, 0.1) is 6.10 Å². The molecular weight excluding hydrogens is 243 g/mol. The molecule has 100 valence electrons. The zero-order valence-corrected chi connectivity index (χ0v) is 11.1. The Morgan fingerprint density at radius 2 is 2.11 bits per heavy atom. The van der Waals surface area contributed by atoms with E-state index in [1.165, 1.54) is 12.1 Å². The lowest BCUT2D eigenvalue weighted by atomic mass is 10.2. The number of hydrogen-bond acceptors (Lipinski definition) is 3. The van der Waals surface area contributed by atoms with Gasteiger partial charge < -0.3 is 10.1 Å². The largest absolute Gasteiger partial charge is 0.487 e. The van der Waals surface area contributed by atoms with Gasteiger partial charge in [-0.2, -0.15) is 0 Å². The molecule has 0 amide bonds. The standard InChI is InChI=1S/C15H17FN2O/c1-11(2)19-14-7-4-8-17-15(14)18-10-12-5-3-6-13(16)9-12/h3-9,11H,10H2,1-2H3,(H,17,18). The van der Waals surface area contributed by atoms with Crippen LogP contribution in [0.25, 0.3) is 0 Å². The summed E-state index contributed by atoms with van der Waals surface area (Å²) in [6, 6.07) is 10.2. The maximum atomic E-state index is 13.1. The second kappa shape index (κ2) is 6.18. The van der Waals surface area contributed by atoms with Crippen LogP contribution in [0.3, 0.4) is 0 Å². The normalized spacial score (nSPS) is 10.5. The molecule has 0 bridgehead atoms. The molecule has 0 unspecified atom stereocenters. The van der Waals surface area contributed by atoms with Crippen LogP contribution in [0.15, 0.2) is 42.6 Å². The van der Waals surface area contributed by atoms with Crippen LogP contribution in [-0.2, 0) is 6.54 Å². The van der Waals surface area contributed by atoms with Crippen molar-refractivity contribution in [2.75, 3.05) is 5.32 Å². The van der Waals surface area contributed by atoms with Gasteiger partial charge in [-0.15, -0.1) is 0 Å². The zero-order valence-electron chi connectivity index (χ0n) is 11.1. The molecule has 0 atom stereocenters. The lowest BCUT2D eigenvalue weighted by Crippen LogP contribution is -2.09. The number of hydrogen-bond donors (Lipinski definition) is 1. The molecule has 1 aromatic heterocycles. The van der Waals surface area contributed by atoms with E-state index in [-0.39, 0.29) is 11.9 Å². The predicted molar refractivity (Wildman–Crippen MR) is 73.7 cm³/mol. The van der Waals surface area contributed by atoms with E-state index in [2.05, 4.69) is 10.3 Å². The van der Waals surface area contributed by atoms with E-state index >= 15 is 0 Å². The minimum Gasteiger partial charge on any atom is -0.487 e. The molecule has 0 aliphatic heterocycles. The first-order valence-electron chi connectivity index (χ1n) is 6.25. The van der Waals surface area contributed by atoms with E-state index < -0.39 is 0 Å². The van der Waals surface area contributed by atoms with E-state index in [4.69, 9.17) is 4.74 Å². The van der Waals surface area contributed by atoms with E-state index in [1.807, 2.05) is 32.0 Å². The minimum absolute atomic E-state index is 0.0823. The third-order valence-corrected chi connectivity index (χ3v) is 2.48. The summed E-state index contributed by atoms with van der Waals surface area (Å²) in [7, 11) is 0. The van der Waals surface area contributed by atoms with Crippen LogP contribution in [0.5, 0.6) is 5.75 Å². The SMILES string of the molecule is CC(C)Oc1cccnc1NCc1cccc(F)c1. The molecule has 0 saturated carbocycles. The first-order chi connectivity index (χ1) is 9.15. The summed E-state index contributed by atoms with van der Waals surface area (Å²) in [6.45, 7) is 4.43. The van der Waals surface area contributed by atoms with Crippen molar-refractivity contribution in [1.82, 2.24) is 4.98 Å². The second-order valence-corrected chi connectivity index (χ2v) is 4.50. The van der Waals surface area contributed by atoms with Crippen molar-refractivity contribution in [1.29, 1.82) is 0 Å². The highest BCUT2D eigenvalue weighted by Crippen LogP contribution is 2.22. The number of nitrogens with one attached hydrogen (secondary N) is 1. The zero-order chi connectivity index (χ0) is 13.7. The van der Waals surface area contributed by atoms with Crippen LogP contribution in [0.4, 0.5) is 10.2 Å². The van der Waals surface area contributed by atoms with Gasteiger partial charge >= 0.3 is 0 Å². The van der Waals surface area contributed by atoms with E-state index in [1.54, 1.807) is 12.3 Å². The summed E-state index contributed by atoms with van der Waals surface area (Å²) in [6.07, 6.45) is 1.78. The molecule has 2 rings (SSSR count). The third kappa shape index (κ3) is 3.95. The quantitative estimate of drug-likeness (QED) is 0.891. The predicted octanol–water partition coefficient (Wildman–Crippen LogP) is 3.62. The number of pyridine rings is 1. The van der Waals surface area contributed by atoms with Gasteiger partial charge in [0.1, 0.15) is 5.82 Å². The van der Waals surface area contributed by atoms with E-state index in [0.717, 1.165) is 5.56 Å². The molecule has 2 aromatic rings. The van der Waals surface area contributed by atoms with Crippen LogP contribution in [0.2, 0.25) is 0 Å². The number of anilines is 1. The molecule has 0 radical (unpaired) electrons.